The Bertz CT molecular complexity index is 1470. The van der Waals surface area contributed by atoms with Crippen molar-refractivity contribution in [2.24, 2.45) is 0 Å². The summed E-state index contributed by atoms with van der Waals surface area (Å²) in [6.45, 7) is 4.51. The molecule has 0 spiro atoms. The van der Waals surface area contributed by atoms with E-state index in [2.05, 4.69) is 14.9 Å². The fraction of sp³-hybridized carbons (Fsp3) is 0.192. The molecule has 9 heteroatoms. The first-order valence-corrected chi connectivity index (χ1v) is 12.4. The Morgan fingerprint density at radius 3 is 2.43 bits per heavy atom. The second kappa shape index (κ2) is 8.92. The minimum atomic E-state index is -0.000419. The molecular weight excluding hydrogens is 458 g/mol. The number of anilines is 1. The van der Waals surface area contributed by atoms with Crippen molar-refractivity contribution >= 4 is 34.2 Å². The molecule has 1 aliphatic rings. The van der Waals surface area contributed by atoms with E-state index < -0.39 is 0 Å². The summed E-state index contributed by atoms with van der Waals surface area (Å²) in [7, 11) is 0. The Morgan fingerprint density at radius 2 is 1.71 bits per heavy atom. The molecule has 6 rings (SSSR count). The van der Waals surface area contributed by atoms with Gasteiger partial charge in [-0.25, -0.2) is 19.6 Å². The summed E-state index contributed by atoms with van der Waals surface area (Å²) in [6, 6.07) is 17.7. The van der Waals surface area contributed by atoms with E-state index in [-0.39, 0.29) is 5.91 Å². The molecule has 5 aromatic rings. The highest BCUT2D eigenvalue weighted by Gasteiger charge is 2.27. The van der Waals surface area contributed by atoms with Gasteiger partial charge in [0.1, 0.15) is 0 Å². The van der Waals surface area contributed by atoms with Crippen LogP contribution in [0, 0.1) is 6.92 Å². The second-order valence-corrected chi connectivity index (χ2v) is 9.34. The number of rotatable bonds is 4. The minimum absolute atomic E-state index is 0.000419. The molecule has 35 heavy (non-hydrogen) atoms. The average molecular weight is 482 g/mol. The molecule has 0 N–H and O–H groups in total. The molecule has 0 atom stereocenters. The number of piperazine rings is 1. The summed E-state index contributed by atoms with van der Waals surface area (Å²) < 4.78 is 1.84. The molecule has 174 valence electrons. The van der Waals surface area contributed by atoms with Crippen LogP contribution in [0.1, 0.15) is 16.1 Å². The number of aromatic nitrogens is 5. The van der Waals surface area contributed by atoms with Crippen molar-refractivity contribution in [2.75, 3.05) is 31.1 Å². The zero-order valence-corrected chi connectivity index (χ0v) is 20.0. The third-order valence-electron chi connectivity index (χ3n) is 6.22. The largest absolute Gasteiger partial charge is 0.337 e. The number of nitrogens with zero attached hydrogens (tertiary/aromatic N) is 7. The lowest BCUT2D eigenvalue weighted by Gasteiger charge is -2.34. The number of para-hydroxylation sites is 1. The van der Waals surface area contributed by atoms with Crippen molar-refractivity contribution < 1.29 is 4.79 Å². The van der Waals surface area contributed by atoms with Gasteiger partial charge in [-0.05, 0) is 42.6 Å². The topological polar surface area (TPSA) is 80.0 Å². The van der Waals surface area contributed by atoms with E-state index >= 15 is 0 Å². The fourth-order valence-electron chi connectivity index (χ4n) is 4.49. The van der Waals surface area contributed by atoms with Crippen molar-refractivity contribution in [2.45, 2.75) is 6.92 Å². The van der Waals surface area contributed by atoms with Crippen LogP contribution in [0.5, 0.6) is 0 Å². The Kier molecular flexibility index (Phi) is 5.46. The van der Waals surface area contributed by atoms with Crippen LogP contribution in [0.25, 0.3) is 27.3 Å². The van der Waals surface area contributed by atoms with Gasteiger partial charge in [-0.1, -0.05) is 24.3 Å². The highest BCUT2D eigenvalue weighted by Crippen LogP contribution is 2.31. The maximum absolute atomic E-state index is 13.9. The fourth-order valence-corrected chi connectivity index (χ4v) is 5.18. The number of thiophene rings is 1. The third-order valence-corrected chi connectivity index (χ3v) is 7.11. The lowest BCUT2D eigenvalue weighted by Crippen LogP contribution is -2.49. The molecule has 0 saturated carbocycles. The monoisotopic (exact) mass is 481 g/mol. The van der Waals surface area contributed by atoms with Gasteiger partial charge >= 0.3 is 0 Å². The molecule has 4 aromatic heterocycles. The van der Waals surface area contributed by atoms with Crippen LogP contribution >= 0.6 is 11.3 Å². The van der Waals surface area contributed by atoms with Gasteiger partial charge in [0.15, 0.2) is 5.65 Å². The molecule has 0 unspecified atom stereocenters. The third kappa shape index (κ3) is 3.93. The Hall–Kier alpha value is -4.11. The number of aryl methyl sites for hydroxylation is 1. The predicted octanol–water partition coefficient (Wildman–Crippen LogP) is 4.21. The second-order valence-electron chi connectivity index (χ2n) is 8.39. The zero-order valence-electron chi connectivity index (χ0n) is 19.2. The van der Waals surface area contributed by atoms with E-state index in [1.54, 1.807) is 29.8 Å². The summed E-state index contributed by atoms with van der Waals surface area (Å²) in [5, 5.41) is 7.60. The Morgan fingerprint density at radius 1 is 0.943 bits per heavy atom. The molecule has 0 bridgehead atoms. The number of hydrogen-bond acceptors (Lipinski definition) is 7. The normalized spacial score (nSPS) is 14.0. The first kappa shape index (κ1) is 21.4. The van der Waals surface area contributed by atoms with E-state index in [1.807, 2.05) is 70.4 Å². The Labute approximate surface area is 206 Å². The van der Waals surface area contributed by atoms with Gasteiger partial charge in [0.05, 0.1) is 32.9 Å². The van der Waals surface area contributed by atoms with Crippen molar-refractivity contribution in [3.05, 3.63) is 83.6 Å². The zero-order chi connectivity index (χ0) is 23.8. The van der Waals surface area contributed by atoms with Crippen LogP contribution in [-0.2, 0) is 0 Å². The average Bonchev–Trinajstić information content (AvgIpc) is 3.58. The van der Waals surface area contributed by atoms with Gasteiger partial charge in [0.25, 0.3) is 5.91 Å². The van der Waals surface area contributed by atoms with Crippen LogP contribution in [-0.4, -0.2) is 61.7 Å². The highest BCUT2D eigenvalue weighted by molar-refractivity contribution is 7.13. The van der Waals surface area contributed by atoms with Gasteiger partial charge in [-0.2, -0.15) is 5.10 Å². The molecular formula is C26H23N7OS. The summed E-state index contributed by atoms with van der Waals surface area (Å²) in [5.41, 5.74) is 3.82. The SMILES string of the molecule is Cc1nn(-c2ccccc2)c2nc(-c3cccs3)cc(C(=O)N3CCN(c4ncccn4)CC3)c12. The number of hydrogen-bond donors (Lipinski definition) is 0. The van der Waals surface area contributed by atoms with E-state index in [4.69, 9.17) is 10.1 Å². The molecule has 5 heterocycles. The van der Waals surface area contributed by atoms with Crippen LogP contribution in [0.15, 0.2) is 72.4 Å². The summed E-state index contributed by atoms with van der Waals surface area (Å²) in [5.74, 6) is 0.699. The standard InChI is InChI=1S/C26H23N7OS/c1-18-23-20(25(34)31-12-14-32(15-13-31)26-27-10-6-11-28-26)17-21(22-9-5-16-35-22)29-24(23)33(30-18)19-7-3-2-4-8-19/h2-11,16-17H,12-15H2,1H3. The maximum atomic E-state index is 13.9. The Balaban J connectivity index is 1.40. The molecule has 8 nitrogen and oxygen atoms in total. The molecule has 1 aliphatic heterocycles. The quantitative estimate of drug-likeness (QED) is 0.383. The van der Waals surface area contributed by atoms with Crippen molar-refractivity contribution in [1.29, 1.82) is 0 Å². The lowest BCUT2D eigenvalue weighted by molar-refractivity contribution is 0.0748. The van der Waals surface area contributed by atoms with Crippen LogP contribution < -0.4 is 4.90 Å². The van der Waals surface area contributed by atoms with Crippen molar-refractivity contribution in [3.8, 4) is 16.3 Å². The van der Waals surface area contributed by atoms with Gasteiger partial charge in [0.2, 0.25) is 5.95 Å². The first-order chi connectivity index (χ1) is 17.2. The van der Waals surface area contributed by atoms with Crippen molar-refractivity contribution in [1.82, 2.24) is 29.6 Å². The van der Waals surface area contributed by atoms with Crippen LogP contribution in [0.2, 0.25) is 0 Å². The minimum Gasteiger partial charge on any atom is -0.337 e. The number of fused-ring (bicyclic) bond motifs is 1. The van der Waals surface area contributed by atoms with Gasteiger partial charge in [-0.3, -0.25) is 4.79 Å². The molecule has 1 aromatic carbocycles. The van der Waals surface area contributed by atoms with E-state index in [1.165, 1.54) is 0 Å². The highest BCUT2D eigenvalue weighted by atomic mass is 32.1. The van der Waals surface area contributed by atoms with Crippen molar-refractivity contribution in [3.63, 3.8) is 0 Å². The maximum Gasteiger partial charge on any atom is 0.254 e. The summed E-state index contributed by atoms with van der Waals surface area (Å²) in [4.78, 5) is 32.6. The number of benzene rings is 1. The number of amides is 1. The van der Waals surface area contributed by atoms with Gasteiger partial charge < -0.3 is 9.80 Å². The molecule has 1 saturated heterocycles. The van der Waals surface area contributed by atoms with Gasteiger partial charge in [0, 0.05) is 38.6 Å². The lowest BCUT2D eigenvalue weighted by atomic mass is 10.1. The summed E-state index contributed by atoms with van der Waals surface area (Å²) >= 11 is 1.61. The summed E-state index contributed by atoms with van der Waals surface area (Å²) in [6.07, 6.45) is 3.49. The smallest absolute Gasteiger partial charge is 0.254 e. The van der Waals surface area contributed by atoms with E-state index in [9.17, 15) is 4.79 Å². The van der Waals surface area contributed by atoms with Crippen LogP contribution in [0.3, 0.4) is 0 Å². The molecule has 0 aliphatic carbocycles. The first-order valence-electron chi connectivity index (χ1n) is 11.5. The number of carbonyl (C=O) groups excluding carboxylic acids is 1. The number of carbonyl (C=O) groups is 1. The van der Waals surface area contributed by atoms with E-state index in [0.29, 0.717) is 43.3 Å². The van der Waals surface area contributed by atoms with Gasteiger partial charge in [-0.15, -0.1) is 11.3 Å². The predicted molar refractivity (Wildman–Crippen MR) is 137 cm³/mol. The molecule has 1 amide bonds. The van der Waals surface area contributed by atoms with E-state index in [0.717, 1.165) is 27.3 Å². The molecule has 0 radical (unpaired) electrons. The number of pyridine rings is 1. The van der Waals surface area contributed by atoms with Crippen LogP contribution in [0.4, 0.5) is 5.95 Å². The molecule has 1 fully saturated rings.